The SMILES string of the molecule is Cc1cccc(CCN2CCOCC2)c1N1CC(C(=O)Nc2cc(C(F)(F)F)cc(C(F)(F)F)c2)(C(C)C)CC1=O. The van der Waals surface area contributed by atoms with Crippen LogP contribution >= 0.6 is 0 Å². The van der Waals surface area contributed by atoms with Gasteiger partial charge in [0, 0.05) is 44.0 Å². The Morgan fingerprint density at radius 3 is 2.20 bits per heavy atom. The molecule has 2 amide bonds. The number of amides is 2. The summed E-state index contributed by atoms with van der Waals surface area (Å²) in [6.07, 6.45) is -9.71. The lowest BCUT2D eigenvalue weighted by atomic mass is 9.75. The van der Waals surface area contributed by atoms with Crippen molar-refractivity contribution in [3.05, 3.63) is 58.7 Å². The molecule has 1 N–H and O–H groups in total. The van der Waals surface area contributed by atoms with E-state index >= 15 is 0 Å². The maximum Gasteiger partial charge on any atom is 0.416 e. The molecule has 1 unspecified atom stereocenters. The minimum atomic E-state index is -5.06. The first-order valence-corrected chi connectivity index (χ1v) is 13.4. The summed E-state index contributed by atoms with van der Waals surface area (Å²) in [5, 5.41) is 2.28. The number of para-hydroxylation sites is 1. The molecular formula is C29H33F6N3O3. The second-order valence-electron chi connectivity index (χ2n) is 11.0. The van der Waals surface area contributed by atoms with E-state index in [0.29, 0.717) is 37.5 Å². The number of anilines is 2. The van der Waals surface area contributed by atoms with E-state index in [9.17, 15) is 35.9 Å². The molecule has 2 aromatic carbocycles. The van der Waals surface area contributed by atoms with E-state index in [1.807, 2.05) is 25.1 Å². The van der Waals surface area contributed by atoms with Crippen molar-refractivity contribution in [2.24, 2.45) is 11.3 Å². The molecular weight excluding hydrogens is 552 g/mol. The van der Waals surface area contributed by atoms with Crippen molar-refractivity contribution >= 4 is 23.2 Å². The van der Waals surface area contributed by atoms with E-state index in [-0.39, 0.29) is 24.9 Å². The molecule has 0 radical (unpaired) electrons. The van der Waals surface area contributed by atoms with Crippen LogP contribution in [-0.2, 0) is 33.1 Å². The van der Waals surface area contributed by atoms with Crippen LogP contribution in [0.15, 0.2) is 36.4 Å². The van der Waals surface area contributed by atoms with Crippen LogP contribution < -0.4 is 10.2 Å². The average Bonchev–Trinajstić information content (AvgIpc) is 3.25. The van der Waals surface area contributed by atoms with Crippen LogP contribution in [0.4, 0.5) is 37.7 Å². The summed E-state index contributed by atoms with van der Waals surface area (Å²) < 4.78 is 85.7. The molecule has 0 aromatic heterocycles. The second-order valence-corrected chi connectivity index (χ2v) is 11.0. The van der Waals surface area contributed by atoms with Gasteiger partial charge in [0.25, 0.3) is 0 Å². The Morgan fingerprint density at radius 1 is 1.02 bits per heavy atom. The van der Waals surface area contributed by atoms with Gasteiger partial charge in [-0.25, -0.2) is 0 Å². The molecule has 2 fully saturated rings. The van der Waals surface area contributed by atoms with Gasteiger partial charge in [-0.1, -0.05) is 32.0 Å². The van der Waals surface area contributed by atoms with E-state index in [1.54, 1.807) is 13.8 Å². The highest BCUT2D eigenvalue weighted by Gasteiger charge is 2.52. The average molecular weight is 586 g/mol. The molecule has 0 bridgehead atoms. The van der Waals surface area contributed by atoms with Gasteiger partial charge >= 0.3 is 12.4 Å². The lowest BCUT2D eigenvalue weighted by Gasteiger charge is -2.32. The number of nitrogens with one attached hydrogen (secondary N) is 1. The highest BCUT2D eigenvalue weighted by atomic mass is 19.4. The van der Waals surface area contributed by atoms with Crippen LogP contribution in [0, 0.1) is 18.3 Å². The van der Waals surface area contributed by atoms with Gasteiger partial charge in [-0.3, -0.25) is 14.5 Å². The number of carbonyl (C=O) groups is 2. The number of nitrogens with zero attached hydrogens (tertiary/aromatic N) is 2. The summed E-state index contributed by atoms with van der Waals surface area (Å²) in [5.74, 6) is -1.60. The zero-order chi connectivity index (χ0) is 30.2. The third-order valence-corrected chi connectivity index (χ3v) is 8.00. The van der Waals surface area contributed by atoms with Crippen LogP contribution in [0.2, 0.25) is 0 Å². The zero-order valence-electron chi connectivity index (χ0n) is 23.1. The summed E-state index contributed by atoms with van der Waals surface area (Å²) in [5.41, 5.74) is -2.66. The van der Waals surface area contributed by atoms with E-state index in [0.717, 1.165) is 30.8 Å². The Morgan fingerprint density at radius 2 is 1.63 bits per heavy atom. The first-order valence-electron chi connectivity index (χ1n) is 13.4. The number of ether oxygens (including phenoxy) is 1. The number of hydrogen-bond acceptors (Lipinski definition) is 4. The van der Waals surface area contributed by atoms with Gasteiger partial charge in [0.2, 0.25) is 11.8 Å². The Hall–Kier alpha value is -3.12. The predicted octanol–water partition coefficient (Wildman–Crippen LogP) is 5.93. The normalized spacial score (nSPS) is 20.6. The van der Waals surface area contributed by atoms with Gasteiger partial charge < -0.3 is 15.0 Å². The number of hydrogen-bond donors (Lipinski definition) is 1. The Bertz CT molecular complexity index is 1260. The quantitative estimate of drug-likeness (QED) is 0.410. The lowest BCUT2D eigenvalue weighted by Crippen LogP contribution is -2.43. The van der Waals surface area contributed by atoms with Gasteiger partial charge in [0.15, 0.2) is 0 Å². The van der Waals surface area contributed by atoms with E-state index < -0.39 is 46.4 Å². The minimum Gasteiger partial charge on any atom is -0.379 e. The number of halogens is 6. The Kier molecular flexibility index (Phi) is 8.75. The highest BCUT2D eigenvalue weighted by Crippen LogP contribution is 2.44. The number of rotatable bonds is 7. The van der Waals surface area contributed by atoms with Crippen molar-refractivity contribution < 1.29 is 40.7 Å². The minimum absolute atomic E-state index is 0.00528. The molecule has 2 aliphatic rings. The standard InChI is InChI=1S/C29H33F6N3O3/c1-18(2)27(26(40)36-23-14-21(28(30,31)32)13-22(15-23)29(33,34)35)16-24(39)38(17-27)25-19(3)5-4-6-20(25)7-8-37-9-11-41-12-10-37/h4-6,13-15,18H,7-12,16-17H2,1-3H3,(H,36,40). The number of aryl methyl sites for hydroxylation is 1. The topological polar surface area (TPSA) is 61.9 Å². The molecule has 0 aliphatic carbocycles. The summed E-state index contributed by atoms with van der Waals surface area (Å²) in [6.45, 7) is 8.85. The molecule has 4 rings (SSSR count). The summed E-state index contributed by atoms with van der Waals surface area (Å²) in [4.78, 5) is 30.9. The van der Waals surface area contributed by atoms with Gasteiger partial charge in [0.1, 0.15) is 0 Å². The molecule has 12 heteroatoms. The molecule has 2 saturated heterocycles. The van der Waals surface area contributed by atoms with Crippen molar-refractivity contribution in [3.8, 4) is 0 Å². The molecule has 224 valence electrons. The van der Waals surface area contributed by atoms with Gasteiger partial charge in [-0.05, 0) is 48.6 Å². The molecule has 41 heavy (non-hydrogen) atoms. The lowest BCUT2D eigenvalue weighted by molar-refractivity contribution is -0.143. The molecule has 2 aromatic rings. The number of benzene rings is 2. The Balaban J connectivity index is 1.63. The molecule has 1 atom stereocenters. The van der Waals surface area contributed by atoms with Crippen molar-refractivity contribution in [1.29, 1.82) is 0 Å². The molecule has 0 saturated carbocycles. The van der Waals surface area contributed by atoms with Gasteiger partial charge in [-0.15, -0.1) is 0 Å². The Labute approximate surface area is 234 Å². The largest absolute Gasteiger partial charge is 0.416 e. The fraction of sp³-hybridized carbons (Fsp3) is 0.517. The van der Waals surface area contributed by atoms with E-state index in [4.69, 9.17) is 4.74 Å². The van der Waals surface area contributed by atoms with Crippen molar-refractivity contribution in [2.45, 2.75) is 46.0 Å². The smallest absolute Gasteiger partial charge is 0.379 e. The zero-order valence-corrected chi connectivity index (χ0v) is 23.1. The third kappa shape index (κ3) is 6.69. The van der Waals surface area contributed by atoms with Crippen LogP contribution in [0.3, 0.4) is 0 Å². The molecule has 6 nitrogen and oxygen atoms in total. The highest BCUT2D eigenvalue weighted by molar-refractivity contribution is 6.06. The maximum absolute atomic E-state index is 13.7. The van der Waals surface area contributed by atoms with Crippen molar-refractivity contribution in [1.82, 2.24) is 4.90 Å². The molecule has 0 spiro atoms. The number of carbonyl (C=O) groups excluding carboxylic acids is 2. The first kappa shape index (κ1) is 30.8. The molecule has 2 aliphatic heterocycles. The maximum atomic E-state index is 13.7. The van der Waals surface area contributed by atoms with Crippen LogP contribution in [-0.4, -0.2) is 56.1 Å². The fourth-order valence-electron chi connectivity index (χ4n) is 5.49. The van der Waals surface area contributed by atoms with E-state index in [1.165, 1.54) is 4.90 Å². The summed E-state index contributed by atoms with van der Waals surface area (Å²) >= 11 is 0. The number of alkyl halides is 6. The van der Waals surface area contributed by atoms with Gasteiger partial charge in [0.05, 0.1) is 29.8 Å². The monoisotopic (exact) mass is 585 g/mol. The summed E-state index contributed by atoms with van der Waals surface area (Å²) in [7, 11) is 0. The van der Waals surface area contributed by atoms with Gasteiger partial charge in [-0.2, -0.15) is 26.3 Å². The van der Waals surface area contributed by atoms with Crippen LogP contribution in [0.1, 0.15) is 42.5 Å². The third-order valence-electron chi connectivity index (χ3n) is 8.00. The van der Waals surface area contributed by atoms with Crippen molar-refractivity contribution in [3.63, 3.8) is 0 Å². The van der Waals surface area contributed by atoms with Crippen molar-refractivity contribution in [2.75, 3.05) is 49.6 Å². The molecule has 2 heterocycles. The van der Waals surface area contributed by atoms with E-state index in [2.05, 4.69) is 10.2 Å². The first-order chi connectivity index (χ1) is 19.1. The second kappa shape index (κ2) is 11.6. The van der Waals surface area contributed by atoms with Crippen LogP contribution in [0.25, 0.3) is 0 Å². The fourth-order valence-corrected chi connectivity index (χ4v) is 5.49. The van der Waals surface area contributed by atoms with Crippen LogP contribution in [0.5, 0.6) is 0 Å². The summed E-state index contributed by atoms with van der Waals surface area (Å²) in [6, 6.07) is 6.62. The predicted molar refractivity (Wildman–Crippen MR) is 141 cm³/mol. The number of morpholine rings is 1.